The van der Waals surface area contributed by atoms with E-state index in [1.54, 1.807) is 12.1 Å². The standard InChI is InChI=1S/C14H12Br2N2O3/c1-17-8-9-5-6-10(15)7-13(9)21-12-4-2-3-11(14(12)16)18(19)20/h2-7,17H,8H2,1H3. The first kappa shape index (κ1) is 15.9. The Kier molecular flexibility index (Phi) is 5.33. The number of hydrogen-bond acceptors (Lipinski definition) is 4. The van der Waals surface area contributed by atoms with Crippen molar-refractivity contribution in [3.63, 3.8) is 0 Å². The molecule has 0 saturated heterocycles. The molecule has 110 valence electrons. The molecule has 0 heterocycles. The van der Waals surface area contributed by atoms with Gasteiger partial charge in [0.15, 0.2) is 0 Å². The molecule has 0 atom stereocenters. The van der Waals surface area contributed by atoms with Crippen molar-refractivity contribution in [2.24, 2.45) is 0 Å². The Hall–Kier alpha value is -1.44. The molecule has 0 spiro atoms. The van der Waals surface area contributed by atoms with Gasteiger partial charge in [0.25, 0.3) is 5.69 Å². The first-order valence-electron chi connectivity index (χ1n) is 6.06. The molecule has 1 N–H and O–H groups in total. The minimum atomic E-state index is -0.452. The van der Waals surface area contributed by atoms with Gasteiger partial charge in [0.2, 0.25) is 0 Å². The van der Waals surface area contributed by atoms with Gasteiger partial charge in [0, 0.05) is 22.6 Å². The molecule has 0 aliphatic rings. The van der Waals surface area contributed by atoms with Gasteiger partial charge in [0.05, 0.1) is 4.92 Å². The molecule has 2 aromatic rings. The molecule has 0 fully saturated rings. The smallest absolute Gasteiger partial charge is 0.287 e. The molecule has 0 saturated carbocycles. The van der Waals surface area contributed by atoms with Crippen LogP contribution in [0.5, 0.6) is 11.5 Å². The fourth-order valence-corrected chi connectivity index (χ4v) is 2.63. The minimum absolute atomic E-state index is 0.0299. The summed E-state index contributed by atoms with van der Waals surface area (Å²) in [7, 11) is 1.84. The van der Waals surface area contributed by atoms with Crippen LogP contribution in [0.2, 0.25) is 0 Å². The number of rotatable bonds is 5. The van der Waals surface area contributed by atoms with Gasteiger partial charge in [-0.3, -0.25) is 10.1 Å². The largest absolute Gasteiger partial charge is 0.456 e. The van der Waals surface area contributed by atoms with Crippen LogP contribution in [-0.2, 0) is 6.54 Å². The van der Waals surface area contributed by atoms with E-state index in [9.17, 15) is 10.1 Å². The first-order chi connectivity index (χ1) is 10.0. The number of hydrogen-bond donors (Lipinski definition) is 1. The lowest BCUT2D eigenvalue weighted by Gasteiger charge is -2.12. The summed E-state index contributed by atoms with van der Waals surface area (Å²) in [6, 6.07) is 10.4. The van der Waals surface area contributed by atoms with Crippen molar-refractivity contribution in [2.45, 2.75) is 6.54 Å². The lowest BCUT2D eigenvalue weighted by atomic mass is 10.2. The number of nitro benzene ring substituents is 1. The summed E-state index contributed by atoms with van der Waals surface area (Å²) in [6.45, 7) is 0.634. The average Bonchev–Trinajstić information content (AvgIpc) is 2.44. The predicted octanol–water partition coefficient (Wildman–Crippen LogP) is 4.63. The van der Waals surface area contributed by atoms with Crippen molar-refractivity contribution in [1.29, 1.82) is 0 Å². The highest BCUT2D eigenvalue weighted by Gasteiger charge is 2.17. The molecular formula is C14H12Br2N2O3. The van der Waals surface area contributed by atoms with Crippen LogP contribution in [0.25, 0.3) is 0 Å². The summed E-state index contributed by atoms with van der Waals surface area (Å²) in [5.41, 5.74) is 0.928. The number of halogens is 2. The van der Waals surface area contributed by atoms with Crippen LogP contribution in [-0.4, -0.2) is 12.0 Å². The van der Waals surface area contributed by atoms with Crippen molar-refractivity contribution in [2.75, 3.05) is 7.05 Å². The quantitative estimate of drug-likeness (QED) is 0.571. The molecular weight excluding hydrogens is 404 g/mol. The summed E-state index contributed by atoms with van der Waals surface area (Å²) in [5, 5.41) is 14.0. The molecule has 21 heavy (non-hydrogen) atoms. The van der Waals surface area contributed by atoms with Crippen molar-refractivity contribution >= 4 is 37.5 Å². The Bertz CT molecular complexity index is 677. The van der Waals surface area contributed by atoms with Crippen molar-refractivity contribution in [3.8, 4) is 11.5 Å². The zero-order valence-corrected chi connectivity index (χ0v) is 14.3. The van der Waals surface area contributed by atoms with Gasteiger partial charge >= 0.3 is 0 Å². The van der Waals surface area contributed by atoms with Crippen LogP contribution >= 0.6 is 31.9 Å². The van der Waals surface area contributed by atoms with Crippen LogP contribution in [0.3, 0.4) is 0 Å². The summed E-state index contributed by atoms with van der Waals surface area (Å²) in [5.74, 6) is 1.04. The molecule has 0 bridgehead atoms. The van der Waals surface area contributed by atoms with E-state index in [-0.39, 0.29) is 5.69 Å². The van der Waals surface area contributed by atoms with Crippen LogP contribution < -0.4 is 10.1 Å². The fraction of sp³-hybridized carbons (Fsp3) is 0.143. The van der Waals surface area contributed by atoms with E-state index in [1.807, 2.05) is 25.2 Å². The molecule has 2 rings (SSSR count). The monoisotopic (exact) mass is 414 g/mol. The van der Waals surface area contributed by atoms with Gasteiger partial charge in [-0.05, 0) is 41.2 Å². The van der Waals surface area contributed by atoms with Gasteiger partial charge < -0.3 is 10.1 Å². The van der Waals surface area contributed by atoms with Crippen LogP contribution in [0.4, 0.5) is 5.69 Å². The number of benzene rings is 2. The van der Waals surface area contributed by atoms with Gasteiger partial charge in [-0.15, -0.1) is 0 Å². The van der Waals surface area contributed by atoms with Crippen LogP contribution in [0, 0.1) is 10.1 Å². The Morgan fingerprint density at radius 1 is 1.24 bits per heavy atom. The molecule has 7 heteroatoms. The number of nitrogens with one attached hydrogen (secondary N) is 1. The van der Waals surface area contributed by atoms with Crippen LogP contribution in [0.15, 0.2) is 45.3 Å². The van der Waals surface area contributed by atoms with Gasteiger partial charge in [-0.2, -0.15) is 0 Å². The highest BCUT2D eigenvalue weighted by atomic mass is 79.9. The van der Waals surface area contributed by atoms with E-state index in [1.165, 1.54) is 6.07 Å². The molecule has 0 amide bonds. The lowest BCUT2D eigenvalue weighted by Crippen LogP contribution is -2.06. The predicted molar refractivity (Wildman–Crippen MR) is 87.8 cm³/mol. The second-order valence-corrected chi connectivity index (χ2v) is 5.94. The maximum atomic E-state index is 11.0. The third-order valence-electron chi connectivity index (χ3n) is 2.76. The molecule has 0 aliphatic heterocycles. The van der Waals surface area contributed by atoms with E-state index >= 15 is 0 Å². The minimum Gasteiger partial charge on any atom is -0.456 e. The van der Waals surface area contributed by atoms with Crippen molar-refractivity contribution in [1.82, 2.24) is 5.32 Å². The zero-order valence-electron chi connectivity index (χ0n) is 11.1. The average molecular weight is 416 g/mol. The lowest BCUT2D eigenvalue weighted by molar-refractivity contribution is -0.385. The second-order valence-electron chi connectivity index (χ2n) is 4.23. The van der Waals surface area contributed by atoms with E-state index < -0.39 is 4.92 Å². The number of ether oxygens (including phenoxy) is 1. The highest BCUT2D eigenvalue weighted by molar-refractivity contribution is 9.11. The molecule has 5 nitrogen and oxygen atoms in total. The van der Waals surface area contributed by atoms with E-state index in [0.717, 1.165) is 10.0 Å². The highest BCUT2D eigenvalue weighted by Crippen LogP contribution is 2.38. The van der Waals surface area contributed by atoms with Gasteiger partial charge in [-0.1, -0.05) is 28.1 Å². The molecule has 0 unspecified atom stereocenters. The fourth-order valence-electron chi connectivity index (χ4n) is 1.80. The summed E-state index contributed by atoms with van der Waals surface area (Å²) >= 11 is 6.62. The summed E-state index contributed by atoms with van der Waals surface area (Å²) in [6.07, 6.45) is 0. The maximum Gasteiger partial charge on any atom is 0.287 e. The van der Waals surface area contributed by atoms with Crippen molar-refractivity contribution in [3.05, 3.63) is 61.0 Å². The van der Waals surface area contributed by atoms with Gasteiger partial charge in [-0.25, -0.2) is 0 Å². The molecule has 0 aromatic heterocycles. The van der Waals surface area contributed by atoms with Crippen molar-refractivity contribution < 1.29 is 9.66 Å². The Morgan fingerprint density at radius 2 is 2.00 bits per heavy atom. The third kappa shape index (κ3) is 3.81. The zero-order chi connectivity index (χ0) is 15.4. The normalized spacial score (nSPS) is 10.4. The van der Waals surface area contributed by atoms with E-state index in [2.05, 4.69) is 37.2 Å². The maximum absolute atomic E-state index is 11.0. The van der Waals surface area contributed by atoms with Crippen LogP contribution in [0.1, 0.15) is 5.56 Å². The Labute approximate surface area is 138 Å². The summed E-state index contributed by atoms with van der Waals surface area (Å²) in [4.78, 5) is 10.5. The Morgan fingerprint density at radius 3 is 2.67 bits per heavy atom. The number of nitro groups is 1. The SMILES string of the molecule is CNCc1ccc(Br)cc1Oc1cccc([N+](=O)[O-])c1Br. The third-order valence-corrected chi connectivity index (χ3v) is 4.05. The van der Waals surface area contributed by atoms with E-state index in [0.29, 0.717) is 22.5 Å². The topological polar surface area (TPSA) is 64.4 Å². The second kappa shape index (κ2) is 7.02. The molecule has 2 aromatic carbocycles. The molecule has 0 aliphatic carbocycles. The summed E-state index contributed by atoms with van der Waals surface area (Å²) < 4.78 is 7.04. The first-order valence-corrected chi connectivity index (χ1v) is 7.65. The Balaban J connectivity index is 2.40. The number of nitrogens with zero attached hydrogens (tertiary/aromatic N) is 1. The van der Waals surface area contributed by atoms with E-state index in [4.69, 9.17) is 4.74 Å². The van der Waals surface area contributed by atoms with Gasteiger partial charge in [0.1, 0.15) is 16.0 Å². The molecule has 0 radical (unpaired) electrons.